The van der Waals surface area contributed by atoms with Crippen LogP contribution in [-0.2, 0) is 4.43 Å². The molecular weight excluding hydrogens is 328 g/mol. The maximum absolute atomic E-state index is 12.3. The number of benzene rings is 2. The van der Waals surface area contributed by atoms with Crippen LogP contribution >= 0.6 is 0 Å². The van der Waals surface area contributed by atoms with Gasteiger partial charge in [-0.3, -0.25) is 0 Å². The SMILES string of the molecule is CCC(CC)(O[Si](C)(C)C)[Si](O)(c1ccccc1)c1ccccc1. The quantitative estimate of drug-likeness (QED) is 0.765. The summed E-state index contributed by atoms with van der Waals surface area (Å²) in [5, 5.41) is 1.54. The van der Waals surface area contributed by atoms with E-state index in [0.717, 1.165) is 23.2 Å². The Labute approximate surface area is 148 Å². The molecule has 0 amide bonds. The summed E-state index contributed by atoms with van der Waals surface area (Å²) in [6.45, 7) is 10.9. The van der Waals surface area contributed by atoms with Crippen molar-refractivity contribution in [2.75, 3.05) is 0 Å². The molecule has 0 aromatic heterocycles. The molecule has 0 aliphatic rings. The monoisotopic (exact) mass is 358 g/mol. The second-order valence-corrected chi connectivity index (χ2v) is 15.3. The molecule has 0 saturated carbocycles. The van der Waals surface area contributed by atoms with Crippen molar-refractivity contribution >= 4 is 27.0 Å². The first kappa shape index (κ1) is 19.1. The Balaban J connectivity index is 2.73. The summed E-state index contributed by atoms with van der Waals surface area (Å²) < 4.78 is 6.75. The molecule has 2 nitrogen and oxygen atoms in total. The van der Waals surface area contributed by atoms with E-state index in [1.165, 1.54) is 0 Å². The van der Waals surface area contributed by atoms with Crippen LogP contribution in [0.5, 0.6) is 0 Å². The van der Waals surface area contributed by atoms with Gasteiger partial charge in [-0.1, -0.05) is 74.5 Å². The number of hydrogen-bond acceptors (Lipinski definition) is 2. The van der Waals surface area contributed by atoms with Gasteiger partial charge in [-0.2, -0.15) is 0 Å². The standard InChI is InChI=1S/C20H30O2Si2/c1-6-20(7-2,22-23(3,4)5)24(21,18-14-10-8-11-15-18)19-16-12-9-13-17-19/h8-17,21H,6-7H2,1-5H3. The molecule has 0 aliphatic heterocycles. The predicted molar refractivity (Wildman–Crippen MR) is 108 cm³/mol. The molecule has 24 heavy (non-hydrogen) atoms. The molecule has 0 unspecified atom stereocenters. The van der Waals surface area contributed by atoms with Gasteiger partial charge in [0.25, 0.3) is 8.32 Å². The van der Waals surface area contributed by atoms with Gasteiger partial charge in [0.2, 0.25) is 0 Å². The van der Waals surface area contributed by atoms with Gasteiger partial charge in [0.1, 0.15) is 0 Å². The van der Waals surface area contributed by atoms with E-state index in [1.54, 1.807) is 0 Å². The lowest BCUT2D eigenvalue weighted by Gasteiger charge is -2.48. The average molecular weight is 359 g/mol. The first-order chi connectivity index (χ1) is 11.3. The van der Waals surface area contributed by atoms with E-state index in [-0.39, 0.29) is 0 Å². The van der Waals surface area contributed by atoms with Crippen LogP contribution < -0.4 is 10.4 Å². The molecule has 0 fully saturated rings. The van der Waals surface area contributed by atoms with Crippen LogP contribution in [0.3, 0.4) is 0 Å². The minimum Gasteiger partial charge on any atom is -0.422 e. The third-order valence-electron chi connectivity index (χ3n) is 4.69. The lowest BCUT2D eigenvalue weighted by molar-refractivity contribution is 0.113. The molecule has 0 heterocycles. The fourth-order valence-corrected chi connectivity index (χ4v) is 10.3. The van der Waals surface area contributed by atoms with Gasteiger partial charge < -0.3 is 9.22 Å². The highest BCUT2D eigenvalue weighted by Gasteiger charge is 2.56. The minimum absolute atomic E-state index is 0.514. The summed E-state index contributed by atoms with van der Waals surface area (Å²) in [5.41, 5.74) is 0. The van der Waals surface area contributed by atoms with Gasteiger partial charge in [0.05, 0.1) is 5.22 Å². The van der Waals surface area contributed by atoms with Crippen LogP contribution in [-0.4, -0.2) is 26.7 Å². The van der Waals surface area contributed by atoms with Crippen LogP contribution in [0.25, 0.3) is 0 Å². The van der Waals surface area contributed by atoms with Crippen molar-refractivity contribution in [2.24, 2.45) is 0 Å². The van der Waals surface area contributed by atoms with E-state index in [4.69, 9.17) is 4.43 Å². The molecule has 2 aromatic carbocycles. The second kappa shape index (κ2) is 7.36. The highest BCUT2D eigenvalue weighted by molar-refractivity contribution is 6.99. The van der Waals surface area contributed by atoms with Crippen molar-refractivity contribution in [3.8, 4) is 0 Å². The summed E-state index contributed by atoms with van der Waals surface area (Å²) >= 11 is 0. The van der Waals surface area contributed by atoms with Crippen molar-refractivity contribution in [3.63, 3.8) is 0 Å². The van der Waals surface area contributed by atoms with Gasteiger partial charge in [0, 0.05) is 0 Å². The molecule has 130 valence electrons. The van der Waals surface area contributed by atoms with Crippen LogP contribution in [0.15, 0.2) is 60.7 Å². The Bertz CT molecular complexity index is 592. The van der Waals surface area contributed by atoms with Crippen molar-refractivity contribution < 1.29 is 9.22 Å². The van der Waals surface area contributed by atoms with E-state index in [1.807, 2.05) is 36.4 Å². The van der Waals surface area contributed by atoms with E-state index in [2.05, 4.69) is 57.8 Å². The molecule has 0 bridgehead atoms. The second-order valence-electron chi connectivity index (χ2n) is 7.36. The summed E-state index contributed by atoms with van der Waals surface area (Å²) in [5.74, 6) is 0. The Hall–Kier alpha value is -1.21. The highest BCUT2D eigenvalue weighted by atomic mass is 28.4. The third-order valence-corrected chi connectivity index (χ3v) is 10.4. The summed E-state index contributed by atoms with van der Waals surface area (Å²) in [6.07, 6.45) is 1.61. The number of rotatable bonds is 7. The van der Waals surface area contributed by atoms with Gasteiger partial charge >= 0.3 is 0 Å². The van der Waals surface area contributed by atoms with Crippen LogP contribution in [0.2, 0.25) is 19.6 Å². The Morgan fingerprint density at radius 2 is 1.17 bits per heavy atom. The smallest absolute Gasteiger partial charge is 0.283 e. The van der Waals surface area contributed by atoms with Crippen molar-refractivity contribution in [3.05, 3.63) is 60.7 Å². The molecule has 0 saturated heterocycles. The van der Waals surface area contributed by atoms with Crippen molar-refractivity contribution in [2.45, 2.75) is 51.6 Å². The van der Waals surface area contributed by atoms with Gasteiger partial charge in [-0.15, -0.1) is 0 Å². The van der Waals surface area contributed by atoms with E-state index < -0.39 is 21.9 Å². The van der Waals surface area contributed by atoms with Gasteiger partial charge in [0.15, 0.2) is 8.32 Å². The molecule has 2 rings (SSSR count). The molecule has 4 heteroatoms. The largest absolute Gasteiger partial charge is 0.422 e. The van der Waals surface area contributed by atoms with Crippen LogP contribution in [0, 0.1) is 0 Å². The van der Waals surface area contributed by atoms with Crippen molar-refractivity contribution in [1.82, 2.24) is 0 Å². The average Bonchev–Trinajstić information content (AvgIpc) is 2.59. The zero-order valence-corrected chi connectivity index (χ0v) is 17.5. The maximum atomic E-state index is 12.3. The lowest BCUT2D eigenvalue weighted by atomic mass is 10.2. The summed E-state index contributed by atoms with van der Waals surface area (Å²) in [6, 6.07) is 20.3. The zero-order chi connectivity index (χ0) is 17.8. The number of hydrogen-bond donors (Lipinski definition) is 1. The van der Waals surface area contributed by atoms with Gasteiger partial charge in [-0.05, 0) is 42.9 Å². The molecule has 0 atom stereocenters. The molecule has 0 spiro atoms. The summed E-state index contributed by atoms with van der Waals surface area (Å²) in [7, 11) is -4.91. The zero-order valence-electron chi connectivity index (χ0n) is 15.5. The maximum Gasteiger partial charge on any atom is 0.283 e. The molecule has 0 aliphatic carbocycles. The topological polar surface area (TPSA) is 29.5 Å². The van der Waals surface area contributed by atoms with E-state index in [0.29, 0.717) is 0 Å². The van der Waals surface area contributed by atoms with Crippen molar-refractivity contribution in [1.29, 1.82) is 0 Å². The fraction of sp³-hybridized carbons (Fsp3) is 0.400. The molecular formula is C20H30O2Si2. The highest BCUT2D eigenvalue weighted by Crippen LogP contribution is 2.33. The Morgan fingerprint density at radius 1 is 0.792 bits per heavy atom. The fourth-order valence-electron chi connectivity index (χ4n) is 3.62. The minimum atomic E-state index is -3.08. The van der Waals surface area contributed by atoms with Crippen LogP contribution in [0.1, 0.15) is 26.7 Å². The normalized spacial score (nSPS) is 13.1. The first-order valence-electron chi connectivity index (χ1n) is 8.82. The third kappa shape index (κ3) is 3.57. The molecule has 0 radical (unpaired) electrons. The van der Waals surface area contributed by atoms with E-state index >= 15 is 0 Å². The van der Waals surface area contributed by atoms with E-state index in [9.17, 15) is 4.80 Å². The molecule has 1 N–H and O–H groups in total. The Kier molecular flexibility index (Phi) is 5.86. The Morgan fingerprint density at radius 3 is 1.46 bits per heavy atom. The predicted octanol–water partition coefficient (Wildman–Crippen LogP) is 3.69. The van der Waals surface area contributed by atoms with Gasteiger partial charge in [-0.25, -0.2) is 0 Å². The molecule has 2 aromatic rings. The van der Waals surface area contributed by atoms with Crippen LogP contribution in [0.4, 0.5) is 0 Å². The first-order valence-corrected chi connectivity index (χ1v) is 14.2. The lowest BCUT2D eigenvalue weighted by Crippen LogP contribution is -2.75. The summed E-state index contributed by atoms with van der Waals surface area (Å²) in [4.78, 5) is 12.3.